The first-order chi connectivity index (χ1) is 39.2. The molecular formula is C70H45N3O. The maximum atomic E-state index is 10.1. The van der Waals surface area contributed by atoms with Crippen molar-refractivity contribution in [2.24, 2.45) is 0 Å². The van der Waals surface area contributed by atoms with Gasteiger partial charge in [0, 0.05) is 27.5 Å². The van der Waals surface area contributed by atoms with E-state index >= 15 is 0 Å². The first-order valence-electron chi connectivity index (χ1n) is 27.7. The summed E-state index contributed by atoms with van der Waals surface area (Å²) in [6.07, 6.45) is 0. The number of rotatable bonds is 9. The summed E-state index contributed by atoms with van der Waals surface area (Å²) in [6, 6.07) is 77.7. The molecule has 2 aromatic heterocycles. The van der Waals surface area contributed by atoms with Crippen molar-refractivity contribution in [2.45, 2.75) is 5.41 Å². The molecule has 1 aliphatic rings. The van der Waals surface area contributed by atoms with Crippen LogP contribution in [0.5, 0.6) is 0 Å². The molecule has 0 radical (unpaired) electrons. The summed E-state index contributed by atoms with van der Waals surface area (Å²) >= 11 is 0. The first kappa shape index (κ1) is 37.1. The van der Waals surface area contributed by atoms with Crippen molar-refractivity contribution in [3.8, 4) is 89.8 Å². The van der Waals surface area contributed by atoms with Crippen LogP contribution >= 0.6 is 0 Å². The molecule has 74 heavy (non-hydrogen) atoms. The normalized spacial score (nSPS) is 13.6. The highest BCUT2D eigenvalue weighted by Gasteiger charge is 2.46. The van der Waals surface area contributed by atoms with E-state index in [0.717, 1.165) is 66.8 Å². The quantitative estimate of drug-likeness (QED) is 0.145. The maximum Gasteiger partial charge on any atom is 0.164 e. The molecule has 0 fully saturated rings. The Balaban J connectivity index is 1.01. The number of nitrogens with zero attached hydrogens (tertiary/aromatic N) is 3. The molecule has 11 aromatic carbocycles. The van der Waals surface area contributed by atoms with Gasteiger partial charge in [-0.15, -0.1) is 0 Å². The monoisotopic (exact) mass is 949 g/mol. The molecule has 0 spiro atoms. The van der Waals surface area contributed by atoms with Crippen molar-refractivity contribution in [2.75, 3.05) is 0 Å². The van der Waals surface area contributed by atoms with E-state index in [9.17, 15) is 6.85 Å². The topological polar surface area (TPSA) is 51.8 Å². The lowest BCUT2D eigenvalue weighted by molar-refractivity contribution is 0.669. The van der Waals surface area contributed by atoms with E-state index in [4.69, 9.17) is 20.7 Å². The van der Waals surface area contributed by atoms with Crippen molar-refractivity contribution in [3.05, 3.63) is 295 Å². The number of hydrogen-bond acceptors (Lipinski definition) is 4. The van der Waals surface area contributed by atoms with Crippen LogP contribution in [0.25, 0.3) is 112 Å². The third-order valence-electron chi connectivity index (χ3n) is 14.3. The van der Waals surface area contributed by atoms with Crippen LogP contribution in [-0.2, 0) is 5.41 Å². The molecular weight excluding hydrogens is 899 g/mol. The molecule has 0 saturated carbocycles. The Labute approximate surface area is 438 Å². The smallest absolute Gasteiger partial charge is 0.164 e. The van der Waals surface area contributed by atoms with Crippen LogP contribution in [0, 0.1) is 0 Å². The van der Waals surface area contributed by atoms with E-state index in [1.807, 2.05) is 146 Å². The summed E-state index contributed by atoms with van der Waals surface area (Å²) in [7, 11) is 0. The van der Waals surface area contributed by atoms with E-state index in [0.29, 0.717) is 28.3 Å². The van der Waals surface area contributed by atoms with Crippen LogP contribution < -0.4 is 0 Å². The van der Waals surface area contributed by atoms with E-state index in [1.54, 1.807) is 0 Å². The number of furan rings is 1. The van der Waals surface area contributed by atoms with E-state index < -0.39 is 5.41 Å². The van der Waals surface area contributed by atoms with Gasteiger partial charge in [-0.25, -0.2) is 15.0 Å². The molecule has 2 heterocycles. The molecule has 0 N–H and O–H groups in total. The van der Waals surface area contributed by atoms with Crippen LogP contribution in [-0.4, -0.2) is 15.0 Å². The summed E-state index contributed by atoms with van der Waals surface area (Å²) in [6.45, 7) is 0. The molecule has 4 heteroatoms. The van der Waals surface area contributed by atoms with Gasteiger partial charge < -0.3 is 4.42 Å². The second-order valence-corrected chi connectivity index (χ2v) is 18.6. The average Bonchev–Trinajstić information content (AvgIpc) is 4.24. The van der Waals surface area contributed by atoms with Gasteiger partial charge in [0.1, 0.15) is 11.2 Å². The third kappa shape index (κ3) is 7.26. The third-order valence-corrected chi connectivity index (χ3v) is 14.3. The molecule has 0 unspecified atom stereocenters. The summed E-state index contributed by atoms with van der Waals surface area (Å²) in [5.41, 5.74) is 13.3. The summed E-state index contributed by atoms with van der Waals surface area (Å²) in [5, 5.41) is 0.298. The number of benzene rings is 11. The summed E-state index contributed by atoms with van der Waals surface area (Å²) < 4.78 is 64.4. The molecule has 346 valence electrons. The number of fused-ring (bicyclic) bond motifs is 6. The van der Waals surface area contributed by atoms with Crippen molar-refractivity contribution in [3.63, 3.8) is 0 Å². The Kier molecular flexibility index (Phi) is 8.93. The largest absolute Gasteiger partial charge is 0.456 e. The van der Waals surface area contributed by atoms with Crippen LogP contribution in [0.3, 0.4) is 0 Å². The molecule has 0 amide bonds. The van der Waals surface area contributed by atoms with E-state index in [-0.39, 0.29) is 75.1 Å². The fraction of sp³-hybridized carbons (Fsp3) is 0.0143. The minimum atomic E-state index is -0.721. The predicted octanol–water partition coefficient (Wildman–Crippen LogP) is 17.8. The van der Waals surface area contributed by atoms with Crippen molar-refractivity contribution in [1.29, 1.82) is 0 Å². The van der Waals surface area contributed by atoms with Gasteiger partial charge in [-0.05, 0) is 126 Å². The molecule has 0 bridgehead atoms. The van der Waals surface area contributed by atoms with E-state index in [1.165, 1.54) is 0 Å². The van der Waals surface area contributed by atoms with Gasteiger partial charge >= 0.3 is 0 Å². The number of aromatic nitrogens is 3. The Morgan fingerprint density at radius 1 is 0.324 bits per heavy atom. The van der Waals surface area contributed by atoms with Crippen LogP contribution in [0.15, 0.2) is 277 Å². The van der Waals surface area contributed by atoms with Crippen molar-refractivity contribution in [1.82, 2.24) is 15.0 Å². The highest BCUT2D eigenvalue weighted by atomic mass is 16.3. The van der Waals surface area contributed by atoms with E-state index in [2.05, 4.69) is 91.0 Å². The average molecular weight is 950 g/mol. The zero-order valence-corrected chi connectivity index (χ0v) is 39.8. The molecule has 4 nitrogen and oxygen atoms in total. The number of hydrogen-bond donors (Lipinski definition) is 0. The fourth-order valence-electron chi connectivity index (χ4n) is 10.9. The summed E-state index contributed by atoms with van der Waals surface area (Å²) in [5.74, 6) is 0.568. The molecule has 1 aliphatic carbocycles. The molecule has 14 rings (SSSR count). The lowest BCUT2D eigenvalue weighted by atomic mass is 9.67. The zero-order valence-electron chi connectivity index (χ0n) is 45.8. The van der Waals surface area contributed by atoms with Crippen LogP contribution in [0.4, 0.5) is 0 Å². The Morgan fingerprint density at radius 2 is 0.811 bits per heavy atom. The van der Waals surface area contributed by atoms with Gasteiger partial charge in [-0.3, -0.25) is 0 Å². The predicted molar refractivity (Wildman–Crippen MR) is 302 cm³/mol. The lowest BCUT2D eigenvalue weighted by Gasteiger charge is -2.34. The molecule has 13 aromatic rings. The molecule has 0 aliphatic heterocycles. The highest BCUT2D eigenvalue weighted by molar-refractivity contribution is 6.13. The molecule has 0 atom stereocenters. The second-order valence-electron chi connectivity index (χ2n) is 18.6. The van der Waals surface area contributed by atoms with Gasteiger partial charge in [0.05, 0.1) is 13.6 Å². The first-order valence-corrected chi connectivity index (χ1v) is 24.7. The SMILES string of the molecule is [2H]c1c([2H])c(-c2cc(-c3ccccc3)cc(-c3ccccc3)c2)c2c(oc3c([2H])c(-c4nc(-c5cccc(-c6ccccc6)c5)nc(-c5ccc6c(c5)C(c5ccccc5)(c5ccccc5)c5ccccc5-6)n4)c([2H])c([2H])c32)c1[2H]. The van der Waals surface area contributed by atoms with Gasteiger partial charge in [-0.1, -0.05) is 224 Å². The fourth-order valence-corrected chi connectivity index (χ4v) is 10.9. The van der Waals surface area contributed by atoms with Gasteiger partial charge in [0.2, 0.25) is 0 Å². The van der Waals surface area contributed by atoms with Crippen molar-refractivity contribution < 1.29 is 12.6 Å². The van der Waals surface area contributed by atoms with Crippen LogP contribution in [0.1, 0.15) is 30.5 Å². The summed E-state index contributed by atoms with van der Waals surface area (Å²) in [4.78, 5) is 15.5. The maximum absolute atomic E-state index is 10.1. The Hall–Kier alpha value is -9.77. The van der Waals surface area contributed by atoms with Gasteiger partial charge in [0.25, 0.3) is 0 Å². The second kappa shape index (κ2) is 17.8. The Bertz CT molecular complexity index is 4500. The lowest BCUT2D eigenvalue weighted by Crippen LogP contribution is -2.28. The minimum Gasteiger partial charge on any atom is -0.456 e. The van der Waals surface area contributed by atoms with Crippen LogP contribution in [0.2, 0.25) is 0 Å². The van der Waals surface area contributed by atoms with Crippen molar-refractivity contribution >= 4 is 21.9 Å². The standard InChI is InChI=1S/C70H45N3O/c1-6-20-46(21-7-1)49-26-18-27-50(40-49)67-71-68(51-36-38-60-59-32-16-17-34-62(59)70(63(60)44-51,56-28-12-4-13-29-56)57-30-14-5-15-31-57)73-69(72-67)52-37-39-61-65(45-52)74-64-35-19-33-58(66(61)64)55-42-53(47-22-8-2-9-23-47)41-54(43-55)48-24-10-3-11-25-48/h1-45H/i19D,33D,35D,37D,39D,45D. The zero-order chi connectivity index (χ0) is 54.2. The molecule has 0 saturated heterocycles. The van der Waals surface area contributed by atoms with Gasteiger partial charge in [0.15, 0.2) is 17.5 Å². The highest BCUT2D eigenvalue weighted by Crippen LogP contribution is 2.56. The van der Waals surface area contributed by atoms with Gasteiger partial charge in [-0.2, -0.15) is 0 Å². The Morgan fingerprint density at radius 3 is 1.45 bits per heavy atom. The minimum absolute atomic E-state index is 0.0149.